The Kier molecular flexibility index (Phi) is 7.92. The molecule has 2 aliphatic heterocycles. The molecule has 0 aliphatic carbocycles. The van der Waals surface area contributed by atoms with E-state index < -0.39 is 12.7 Å². The average Bonchev–Trinajstić information content (AvgIpc) is 2.58. The molecule has 0 aromatic carbocycles. The van der Waals surface area contributed by atoms with E-state index in [2.05, 4.69) is 46.4 Å². The van der Waals surface area contributed by atoms with Crippen LogP contribution in [0.25, 0.3) is 0 Å². The summed E-state index contributed by atoms with van der Waals surface area (Å²) in [4.78, 5) is 4.23. The minimum absolute atomic E-state index is 0.211. The van der Waals surface area contributed by atoms with Crippen molar-refractivity contribution in [1.29, 1.82) is 0 Å². The summed E-state index contributed by atoms with van der Waals surface area (Å²) < 4.78 is 37.8. The molecule has 0 spiro atoms. The summed E-state index contributed by atoms with van der Waals surface area (Å²) in [6.07, 6.45) is 2.68. The monoisotopic (exact) mass is 404 g/mol. The van der Waals surface area contributed by atoms with Crippen LogP contribution in [0.4, 0.5) is 13.2 Å². The number of hydrogen-bond acceptors (Lipinski definition) is 2. The van der Waals surface area contributed by atoms with E-state index in [4.69, 9.17) is 0 Å². The Labute approximate surface area is 171 Å². The third-order valence-corrected chi connectivity index (χ3v) is 7.68. The molecule has 2 fully saturated rings. The van der Waals surface area contributed by atoms with Gasteiger partial charge in [-0.3, -0.25) is 4.90 Å². The van der Waals surface area contributed by atoms with Crippen LogP contribution in [0.3, 0.4) is 0 Å². The largest absolute Gasteiger partial charge is 0.401 e. The topological polar surface area (TPSA) is 6.48 Å². The summed E-state index contributed by atoms with van der Waals surface area (Å²) in [5.74, 6) is 1.37. The van der Waals surface area contributed by atoms with Crippen LogP contribution < -0.4 is 0 Å². The van der Waals surface area contributed by atoms with Gasteiger partial charge in [0.1, 0.15) is 0 Å². The van der Waals surface area contributed by atoms with Crippen molar-refractivity contribution >= 4 is 0 Å². The standard InChI is InChI=1S/C23H43F3N2/c1-18(28-15-10-19(11-16-28)21(2,3)4)7-12-22(5,6)20-8-13-27(14-9-20)17-23(24,25)26/h18-20H,7-17H2,1-6H3. The summed E-state index contributed by atoms with van der Waals surface area (Å²) in [5.41, 5.74) is 0.626. The van der Waals surface area contributed by atoms with Crippen LogP contribution in [-0.2, 0) is 0 Å². The summed E-state index contributed by atoms with van der Waals surface area (Å²) in [5, 5.41) is 0. The first-order valence-corrected chi connectivity index (χ1v) is 11.3. The SMILES string of the molecule is CC(CCC(C)(C)C1CCN(CC(F)(F)F)CC1)N1CCC(C(C)(C)C)CC1. The number of nitrogens with zero attached hydrogens (tertiary/aromatic N) is 2. The average molecular weight is 405 g/mol. The van der Waals surface area contributed by atoms with Crippen molar-refractivity contribution in [3.05, 3.63) is 0 Å². The van der Waals surface area contributed by atoms with Crippen LogP contribution in [0.5, 0.6) is 0 Å². The van der Waals surface area contributed by atoms with Gasteiger partial charge in [0.25, 0.3) is 0 Å². The van der Waals surface area contributed by atoms with Crippen molar-refractivity contribution in [2.24, 2.45) is 22.7 Å². The van der Waals surface area contributed by atoms with Crippen molar-refractivity contribution in [3.8, 4) is 0 Å². The van der Waals surface area contributed by atoms with Crippen molar-refractivity contribution in [1.82, 2.24) is 9.80 Å². The van der Waals surface area contributed by atoms with E-state index in [9.17, 15) is 13.2 Å². The zero-order valence-corrected chi connectivity index (χ0v) is 19.0. The van der Waals surface area contributed by atoms with Gasteiger partial charge >= 0.3 is 6.18 Å². The Hall–Kier alpha value is -0.290. The van der Waals surface area contributed by atoms with Gasteiger partial charge in [-0.15, -0.1) is 0 Å². The molecule has 2 saturated heterocycles. The van der Waals surface area contributed by atoms with Gasteiger partial charge in [-0.05, 0) is 94.3 Å². The van der Waals surface area contributed by atoms with Gasteiger partial charge in [0.2, 0.25) is 0 Å². The number of halogens is 3. The van der Waals surface area contributed by atoms with E-state index >= 15 is 0 Å². The number of hydrogen-bond donors (Lipinski definition) is 0. The zero-order chi connectivity index (χ0) is 21.2. The highest BCUT2D eigenvalue weighted by atomic mass is 19.4. The van der Waals surface area contributed by atoms with Crippen molar-refractivity contribution in [3.63, 3.8) is 0 Å². The van der Waals surface area contributed by atoms with Crippen LogP contribution in [0, 0.1) is 22.7 Å². The van der Waals surface area contributed by atoms with E-state index in [-0.39, 0.29) is 5.41 Å². The molecule has 2 heterocycles. The number of piperidine rings is 2. The summed E-state index contributed by atoms with van der Waals surface area (Å²) in [6.45, 7) is 16.9. The molecule has 1 atom stereocenters. The van der Waals surface area contributed by atoms with Crippen LogP contribution in [0.1, 0.15) is 80.1 Å². The predicted molar refractivity (Wildman–Crippen MR) is 111 cm³/mol. The Morgan fingerprint density at radius 1 is 0.821 bits per heavy atom. The fourth-order valence-corrected chi connectivity index (χ4v) is 5.30. The molecule has 2 rings (SSSR count). The third kappa shape index (κ3) is 7.19. The lowest BCUT2D eigenvalue weighted by Gasteiger charge is -2.43. The van der Waals surface area contributed by atoms with Crippen LogP contribution >= 0.6 is 0 Å². The second-order valence-electron chi connectivity index (χ2n) is 11.2. The maximum absolute atomic E-state index is 12.6. The van der Waals surface area contributed by atoms with E-state index in [0.717, 1.165) is 25.2 Å². The van der Waals surface area contributed by atoms with E-state index in [1.165, 1.54) is 32.4 Å². The van der Waals surface area contributed by atoms with Crippen LogP contribution in [0.15, 0.2) is 0 Å². The predicted octanol–water partition coefficient (Wildman–Crippen LogP) is 6.21. The number of likely N-dealkylation sites (tertiary alicyclic amines) is 2. The highest BCUT2D eigenvalue weighted by Crippen LogP contribution is 2.40. The van der Waals surface area contributed by atoms with E-state index in [1.807, 2.05) is 0 Å². The molecule has 0 saturated carbocycles. The molecule has 166 valence electrons. The molecule has 2 nitrogen and oxygen atoms in total. The first-order valence-electron chi connectivity index (χ1n) is 11.3. The molecule has 0 bridgehead atoms. The Bertz CT molecular complexity index is 465. The fourth-order valence-electron chi connectivity index (χ4n) is 5.30. The third-order valence-electron chi connectivity index (χ3n) is 7.68. The highest BCUT2D eigenvalue weighted by Gasteiger charge is 2.37. The van der Waals surface area contributed by atoms with Gasteiger partial charge in [-0.1, -0.05) is 34.6 Å². The molecule has 0 radical (unpaired) electrons. The van der Waals surface area contributed by atoms with Gasteiger partial charge in [0, 0.05) is 6.04 Å². The van der Waals surface area contributed by atoms with Crippen molar-refractivity contribution < 1.29 is 13.2 Å². The Balaban J connectivity index is 1.74. The van der Waals surface area contributed by atoms with Crippen molar-refractivity contribution in [2.75, 3.05) is 32.7 Å². The second kappa shape index (κ2) is 9.24. The fraction of sp³-hybridized carbons (Fsp3) is 1.00. The molecule has 0 aromatic heterocycles. The first kappa shape index (κ1) is 24.0. The minimum atomic E-state index is -4.07. The minimum Gasteiger partial charge on any atom is -0.301 e. The van der Waals surface area contributed by atoms with Crippen molar-refractivity contribution in [2.45, 2.75) is 92.3 Å². The molecular formula is C23H43F3N2. The molecule has 0 amide bonds. The highest BCUT2D eigenvalue weighted by molar-refractivity contribution is 4.87. The lowest BCUT2D eigenvalue weighted by Crippen LogP contribution is -2.44. The maximum atomic E-state index is 12.6. The smallest absolute Gasteiger partial charge is 0.301 e. The van der Waals surface area contributed by atoms with Gasteiger partial charge in [-0.25, -0.2) is 0 Å². The Morgan fingerprint density at radius 3 is 1.79 bits per heavy atom. The van der Waals surface area contributed by atoms with E-state index in [0.29, 0.717) is 30.5 Å². The summed E-state index contributed by atoms with van der Waals surface area (Å²) in [7, 11) is 0. The van der Waals surface area contributed by atoms with Gasteiger partial charge in [-0.2, -0.15) is 13.2 Å². The lowest BCUT2D eigenvalue weighted by atomic mass is 9.70. The van der Waals surface area contributed by atoms with Crippen LogP contribution in [-0.4, -0.2) is 54.7 Å². The molecule has 0 N–H and O–H groups in total. The van der Waals surface area contributed by atoms with Gasteiger partial charge in [0.15, 0.2) is 0 Å². The molecule has 0 aromatic rings. The van der Waals surface area contributed by atoms with Gasteiger partial charge < -0.3 is 4.90 Å². The summed E-state index contributed by atoms with van der Waals surface area (Å²) >= 11 is 0. The number of alkyl halides is 3. The first-order chi connectivity index (χ1) is 12.8. The lowest BCUT2D eigenvalue weighted by molar-refractivity contribution is -0.149. The van der Waals surface area contributed by atoms with Gasteiger partial charge in [0.05, 0.1) is 6.54 Å². The Morgan fingerprint density at radius 2 is 1.32 bits per heavy atom. The molecule has 1 unspecified atom stereocenters. The molecule has 2 aliphatic rings. The summed E-state index contributed by atoms with van der Waals surface area (Å²) in [6, 6.07) is 0.602. The van der Waals surface area contributed by atoms with Crippen LogP contribution in [0.2, 0.25) is 0 Å². The molecular weight excluding hydrogens is 361 g/mol. The molecule has 28 heavy (non-hydrogen) atoms. The van der Waals surface area contributed by atoms with E-state index in [1.54, 1.807) is 4.90 Å². The zero-order valence-electron chi connectivity index (χ0n) is 19.0. The normalized spacial score (nSPS) is 23.9. The quantitative estimate of drug-likeness (QED) is 0.519. The molecule has 5 heteroatoms. The second-order valence-corrected chi connectivity index (χ2v) is 11.2. The number of rotatable bonds is 6. The maximum Gasteiger partial charge on any atom is 0.401 e.